The van der Waals surface area contributed by atoms with Crippen LogP contribution in [0.2, 0.25) is 0 Å². The van der Waals surface area contributed by atoms with E-state index in [1.165, 1.54) is 0 Å². The van der Waals surface area contributed by atoms with Crippen LogP contribution in [0, 0.1) is 6.92 Å². The maximum Gasteiger partial charge on any atom is 0.338 e. The van der Waals surface area contributed by atoms with Crippen molar-refractivity contribution < 1.29 is 9.90 Å². The Morgan fingerprint density at radius 2 is 2.10 bits per heavy atom. The van der Waals surface area contributed by atoms with E-state index in [1.54, 1.807) is 0 Å². The Hall–Kier alpha value is -2.10. The number of aromatic nitrogens is 1. The van der Waals surface area contributed by atoms with Gasteiger partial charge in [0.15, 0.2) is 0 Å². The van der Waals surface area contributed by atoms with Gasteiger partial charge in [-0.25, -0.2) is 4.79 Å². The van der Waals surface area contributed by atoms with Gasteiger partial charge in [0.25, 0.3) is 0 Å². The molecule has 4 heteroatoms. The maximum absolute atomic E-state index is 11.8. The first-order valence-electron chi connectivity index (χ1n) is 7.08. The van der Waals surface area contributed by atoms with Gasteiger partial charge in [-0.3, -0.25) is 4.98 Å². The van der Waals surface area contributed by atoms with Gasteiger partial charge in [-0.2, -0.15) is 0 Å². The third kappa shape index (κ3) is 1.42. The van der Waals surface area contributed by atoms with Crippen LogP contribution in [0.3, 0.4) is 0 Å². The molecule has 20 heavy (non-hydrogen) atoms. The van der Waals surface area contributed by atoms with E-state index in [4.69, 9.17) is 4.98 Å². The molecule has 2 bridgehead atoms. The molecule has 4 heterocycles. The Morgan fingerprint density at radius 3 is 2.80 bits per heavy atom. The van der Waals surface area contributed by atoms with E-state index in [2.05, 4.69) is 4.90 Å². The van der Waals surface area contributed by atoms with Gasteiger partial charge in [-0.1, -0.05) is 18.2 Å². The minimum absolute atomic E-state index is 0.428. The third-order valence-corrected chi connectivity index (χ3v) is 4.63. The number of piperidine rings is 1. The number of hydrogen-bond donors (Lipinski definition) is 1. The van der Waals surface area contributed by atoms with Crippen molar-refractivity contribution in [1.29, 1.82) is 0 Å². The molecule has 1 saturated heterocycles. The van der Waals surface area contributed by atoms with E-state index in [1.807, 2.05) is 25.1 Å². The number of aromatic carboxylic acids is 1. The van der Waals surface area contributed by atoms with Gasteiger partial charge in [0.1, 0.15) is 0 Å². The lowest BCUT2D eigenvalue weighted by Gasteiger charge is -2.42. The van der Waals surface area contributed by atoms with Crippen molar-refractivity contribution in [3.63, 3.8) is 0 Å². The van der Waals surface area contributed by atoms with Crippen LogP contribution in [-0.2, 0) is 0 Å². The van der Waals surface area contributed by atoms with Crippen LogP contribution in [0.15, 0.2) is 18.2 Å². The van der Waals surface area contributed by atoms with Crippen molar-refractivity contribution in [2.45, 2.75) is 25.7 Å². The second-order valence-corrected chi connectivity index (χ2v) is 5.76. The highest BCUT2D eigenvalue weighted by atomic mass is 16.4. The Balaban J connectivity index is 2.16. The fourth-order valence-corrected chi connectivity index (χ4v) is 3.64. The SMILES string of the molecule is Cc1cccc2c(C(=O)O)c3c(nc12)C1CCN3CC1. The number of carboxylic acid groups (broad SMARTS) is 1. The predicted molar refractivity (Wildman–Crippen MR) is 77.6 cm³/mol. The number of para-hydroxylation sites is 1. The molecule has 5 rings (SSSR count). The fourth-order valence-electron chi connectivity index (χ4n) is 3.64. The number of benzene rings is 1. The van der Waals surface area contributed by atoms with Crippen LogP contribution in [0.25, 0.3) is 10.9 Å². The van der Waals surface area contributed by atoms with Gasteiger partial charge in [-0.15, -0.1) is 0 Å². The Morgan fingerprint density at radius 1 is 1.35 bits per heavy atom. The molecule has 0 amide bonds. The molecule has 1 fully saturated rings. The highest BCUT2D eigenvalue weighted by Gasteiger charge is 2.36. The number of nitrogens with zero attached hydrogens (tertiary/aromatic N) is 2. The molecule has 0 saturated carbocycles. The zero-order valence-electron chi connectivity index (χ0n) is 11.4. The molecule has 0 atom stereocenters. The third-order valence-electron chi connectivity index (χ3n) is 4.63. The summed E-state index contributed by atoms with van der Waals surface area (Å²) < 4.78 is 0. The van der Waals surface area contributed by atoms with E-state index in [-0.39, 0.29) is 0 Å². The zero-order valence-corrected chi connectivity index (χ0v) is 11.4. The van der Waals surface area contributed by atoms with Crippen LogP contribution < -0.4 is 4.90 Å². The van der Waals surface area contributed by atoms with Crippen molar-refractivity contribution in [2.75, 3.05) is 18.0 Å². The summed E-state index contributed by atoms with van der Waals surface area (Å²) in [4.78, 5) is 18.9. The van der Waals surface area contributed by atoms with Crippen LogP contribution in [0.5, 0.6) is 0 Å². The molecule has 0 unspecified atom stereocenters. The highest BCUT2D eigenvalue weighted by Crippen LogP contribution is 2.45. The average Bonchev–Trinajstić information content (AvgIpc) is 2.46. The van der Waals surface area contributed by atoms with Gasteiger partial charge in [0.2, 0.25) is 0 Å². The number of pyridine rings is 1. The van der Waals surface area contributed by atoms with Gasteiger partial charge < -0.3 is 10.0 Å². The largest absolute Gasteiger partial charge is 0.478 e. The summed E-state index contributed by atoms with van der Waals surface area (Å²) >= 11 is 0. The van der Waals surface area contributed by atoms with Gasteiger partial charge >= 0.3 is 5.97 Å². The van der Waals surface area contributed by atoms with Crippen LogP contribution in [0.4, 0.5) is 5.69 Å². The van der Waals surface area contributed by atoms with Crippen molar-refractivity contribution in [1.82, 2.24) is 4.98 Å². The van der Waals surface area contributed by atoms with Crippen molar-refractivity contribution in [2.24, 2.45) is 0 Å². The van der Waals surface area contributed by atoms with Crippen molar-refractivity contribution in [3.05, 3.63) is 35.0 Å². The molecule has 1 aromatic carbocycles. The topological polar surface area (TPSA) is 53.4 Å². The number of aryl methyl sites for hydroxylation is 1. The fraction of sp³-hybridized carbons (Fsp3) is 0.375. The van der Waals surface area contributed by atoms with Crippen molar-refractivity contribution >= 4 is 22.6 Å². The summed E-state index contributed by atoms with van der Waals surface area (Å²) in [5.41, 5.74) is 4.21. The molecule has 1 aromatic heterocycles. The predicted octanol–water partition coefficient (Wildman–Crippen LogP) is 2.94. The molecule has 4 nitrogen and oxygen atoms in total. The summed E-state index contributed by atoms with van der Waals surface area (Å²) in [6, 6.07) is 5.78. The van der Waals surface area contributed by atoms with Crippen LogP contribution >= 0.6 is 0 Å². The molecule has 0 radical (unpaired) electrons. The number of carboxylic acids is 1. The lowest BCUT2D eigenvalue weighted by atomic mass is 9.84. The summed E-state index contributed by atoms with van der Waals surface area (Å²) in [6.45, 7) is 3.91. The summed E-state index contributed by atoms with van der Waals surface area (Å²) in [7, 11) is 0. The average molecular weight is 268 g/mol. The van der Waals surface area contributed by atoms with Gasteiger partial charge in [-0.05, 0) is 25.3 Å². The molecular weight excluding hydrogens is 252 g/mol. The summed E-state index contributed by atoms with van der Waals surface area (Å²) in [6.07, 6.45) is 2.19. The van der Waals surface area contributed by atoms with E-state index in [0.717, 1.165) is 53.8 Å². The highest BCUT2D eigenvalue weighted by molar-refractivity contribution is 6.09. The van der Waals surface area contributed by atoms with E-state index in [9.17, 15) is 9.90 Å². The van der Waals surface area contributed by atoms with Gasteiger partial charge in [0.05, 0.1) is 22.5 Å². The Kier molecular flexibility index (Phi) is 2.31. The quantitative estimate of drug-likeness (QED) is 0.864. The Bertz CT molecular complexity index is 731. The van der Waals surface area contributed by atoms with Gasteiger partial charge in [0, 0.05) is 24.4 Å². The minimum atomic E-state index is -0.841. The van der Waals surface area contributed by atoms with E-state index < -0.39 is 5.97 Å². The number of hydrogen-bond acceptors (Lipinski definition) is 3. The molecule has 3 aliphatic rings. The lowest BCUT2D eigenvalue weighted by Crippen LogP contribution is -2.40. The number of rotatable bonds is 1. The second-order valence-electron chi connectivity index (χ2n) is 5.76. The first-order valence-corrected chi connectivity index (χ1v) is 7.08. The first-order chi connectivity index (χ1) is 9.66. The monoisotopic (exact) mass is 268 g/mol. The normalized spacial score (nSPS) is 17.6. The maximum atomic E-state index is 11.8. The minimum Gasteiger partial charge on any atom is -0.478 e. The number of carbonyl (C=O) groups is 1. The molecule has 0 aliphatic carbocycles. The molecule has 3 aliphatic heterocycles. The summed E-state index contributed by atoms with van der Waals surface area (Å²) in [5, 5.41) is 10.5. The van der Waals surface area contributed by atoms with Crippen LogP contribution in [-0.4, -0.2) is 29.1 Å². The van der Waals surface area contributed by atoms with E-state index >= 15 is 0 Å². The first kappa shape index (κ1) is 11.7. The molecule has 0 spiro atoms. The molecule has 1 N–H and O–H groups in total. The lowest BCUT2D eigenvalue weighted by molar-refractivity contribution is 0.0699. The standard InChI is InChI=1S/C16H16N2O2/c1-9-3-2-4-11-12(16(19)20)15-14(17-13(9)11)10-5-7-18(15)8-6-10/h2-4,10H,5-8H2,1H3,(H,19,20). The summed E-state index contributed by atoms with van der Waals surface area (Å²) in [5.74, 6) is -0.413. The number of anilines is 1. The number of fused-ring (bicyclic) bond motifs is 3. The smallest absolute Gasteiger partial charge is 0.338 e. The molecule has 102 valence electrons. The Labute approximate surface area is 117 Å². The zero-order chi connectivity index (χ0) is 13.9. The molecule has 2 aromatic rings. The molecular formula is C16H16N2O2. The van der Waals surface area contributed by atoms with Crippen molar-refractivity contribution in [3.8, 4) is 0 Å². The van der Waals surface area contributed by atoms with E-state index in [0.29, 0.717) is 11.5 Å². The van der Waals surface area contributed by atoms with Crippen LogP contribution in [0.1, 0.15) is 40.4 Å². The second kappa shape index (κ2) is 3.95.